The molecule has 28 heteroatoms. The molecule has 0 bridgehead atoms. The van der Waals surface area contributed by atoms with Gasteiger partial charge in [0.1, 0.15) is 12.4 Å². The zero-order chi connectivity index (χ0) is 77.4. The number of likely N-dealkylation sites (tertiary alicyclic amines) is 2. The van der Waals surface area contributed by atoms with Gasteiger partial charge in [0.2, 0.25) is 41.4 Å². The predicted molar refractivity (Wildman–Crippen MR) is 397 cm³/mol. The van der Waals surface area contributed by atoms with Crippen LogP contribution < -0.4 is 27.0 Å². The molecule has 11 atom stereocenters. The predicted octanol–water partition coefficient (Wildman–Crippen LogP) is 7.65. The van der Waals surface area contributed by atoms with Gasteiger partial charge in [0.15, 0.2) is 11.6 Å². The van der Waals surface area contributed by atoms with E-state index in [1.54, 1.807) is 61.2 Å². The summed E-state index contributed by atoms with van der Waals surface area (Å²) >= 11 is 1.52. The maximum atomic E-state index is 15.0. The standard InChI is InChI=1S/C77H116N10O17S/c1-13-51(8)72(64(101-12)45-69(96)86-34-18-22-60(86)59(46-88)52(9)61(89)43-56(74-80-33-40-105-74)41-53-19-15-14-16-20-53)84(10)75(98)58(48(2)3)44-63(91)71(50(6)7)85(11)77(100)104-47-54-23-25-57(26-24-54)82-73(97)55(21-17-31-81-76(78)99)42-62(90)70(49(4)5)83-66(93)30-36-102-38-39-103-37-32-79-65(92)29-35-87-67(94)27-28-68(87)95/h14-16,19-20,23-26,33,40,48-52,55-56,58-60,64,70-72,88H,13,17-18,21-22,27-32,34-39,41-47H2,1-12H3,(H,79,92)(H,82,97)(H,83,93)(H3,78,81,99)/t51-,52+,55+,56+,58-,59+,60-,64+,70-,71-,72-/m0/s1. The molecule has 10 amide bonds. The number of hydrogen-bond acceptors (Lipinski definition) is 19. The van der Waals surface area contributed by atoms with Gasteiger partial charge in [-0.3, -0.25) is 52.8 Å². The van der Waals surface area contributed by atoms with Crippen LogP contribution in [0.4, 0.5) is 15.3 Å². The Balaban J connectivity index is 1.13. The largest absolute Gasteiger partial charge is 0.445 e. The van der Waals surface area contributed by atoms with Crippen molar-refractivity contribution in [3.8, 4) is 0 Å². The molecule has 0 radical (unpaired) electrons. The number of anilines is 1. The number of benzene rings is 2. The third kappa shape index (κ3) is 27.7. The molecule has 0 aliphatic carbocycles. The maximum Gasteiger partial charge on any atom is 0.410 e. The second-order valence-electron chi connectivity index (χ2n) is 28.8. The van der Waals surface area contributed by atoms with Crippen LogP contribution in [0, 0.1) is 47.3 Å². The number of likely N-dealkylation sites (N-methyl/N-ethyl adjacent to an activating group) is 2. The lowest BCUT2D eigenvalue weighted by atomic mass is 9.80. The molecule has 2 saturated heterocycles. The average Bonchev–Trinajstić information content (AvgIpc) is 1.76. The molecule has 3 aromatic rings. The first kappa shape index (κ1) is 87.6. The Kier molecular flexibility index (Phi) is 37.4. The van der Waals surface area contributed by atoms with Crippen molar-refractivity contribution in [1.82, 2.24) is 40.5 Å². The molecule has 5 rings (SSSR count). The van der Waals surface area contributed by atoms with Crippen molar-refractivity contribution >= 4 is 87.8 Å². The second kappa shape index (κ2) is 44.8. The van der Waals surface area contributed by atoms with Crippen LogP contribution in [0.5, 0.6) is 0 Å². The molecule has 2 fully saturated rings. The summed E-state index contributed by atoms with van der Waals surface area (Å²) in [4.78, 5) is 171. The molecule has 105 heavy (non-hydrogen) atoms. The van der Waals surface area contributed by atoms with Crippen molar-refractivity contribution in [1.29, 1.82) is 0 Å². The Labute approximate surface area is 623 Å². The van der Waals surface area contributed by atoms with Gasteiger partial charge >= 0.3 is 12.1 Å². The van der Waals surface area contributed by atoms with Crippen molar-refractivity contribution < 1.29 is 81.6 Å². The Bertz CT molecular complexity index is 3290. The van der Waals surface area contributed by atoms with Crippen molar-refractivity contribution in [2.24, 2.45) is 53.1 Å². The van der Waals surface area contributed by atoms with Crippen LogP contribution in [-0.4, -0.2) is 211 Å². The van der Waals surface area contributed by atoms with E-state index < -0.39 is 77.9 Å². The molecule has 2 aliphatic rings. The van der Waals surface area contributed by atoms with Gasteiger partial charge in [0, 0.05) is 152 Å². The molecular weight excluding hydrogens is 1370 g/mol. The molecule has 2 aromatic carbocycles. The summed E-state index contributed by atoms with van der Waals surface area (Å²) in [6.07, 6.45) is 3.26. The Morgan fingerprint density at radius 3 is 2.02 bits per heavy atom. The van der Waals surface area contributed by atoms with Crippen LogP contribution in [0.2, 0.25) is 0 Å². The summed E-state index contributed by atoms with van der Waals surface area (Å²) in [5.74, 6) is -7.17. The summed E-state index contributed by atoms with van der Waals surface area (Å²) < 4.78 is 22.9. The molecule has 3 heterocycles. The molecule has 1 aromatic heterocycles. The molecule has 0 saturated carbocycles. The summed E-state index contributed by atoms with van der Waals surface area (Å²) in [5, 5.41) is 24.6. The first-order chi connectivity index (χ1) is 50.0. The summed E-state index contributed by atoms with van der Waals surface area (Å²) in [5.41, 5.74) is 7.29. The Hall–Kier alpha value is -8.05. The van der Waals surface area contributed by atoms with E-state index in [-0.39, 0.29) is 194 Å². The number of rotatable bonds is 48. The van der Waals surface area contributed by atoms with Crippen molar-refractivity contribution in [2.75, 3.05) is 85.7 Å². The van der Waals surface area contributed by atoms with E-state index in [0.717, 1.165) is 15.5 Å². The topological polar surface area (TPSA) is 362 Å². The lowest BCUT2D eigenvalue weighted by Crippen LogP contribution is -2.54. The zero-order valence-electron chi connectivity index (χ0n) is 63.6. The minimum atomic E-state index is -0.979. The number of aromatic nitrogens is 1. The number of aliphatic hydroxyl groups excluding tert-OH is 1. The van der Waals surface area contributed by atoms with Gasteiger partial charge in [-0.1, -0.05) is 111 Å². The van der Waals surface area contributed by atoms with E-state index in [9.17, 15) is 62.6 Å². The fourth-order valence-electron chi connectivity index (χ4n) is 14.0. The van der Waals surface area contributed by atoms with E-state index in [4.69, 9.17) is 24.7 Å². The fourth-order valence-corrected chi connectivity index (χ4v) is 14.7. The van der Waals surface area contributed by atoms with Gasteiger partial charge in [-0.25, -0.2) is 14.6 Å². The van der Waals surface area contributed by atoms with Crippen molar-refractivity contribution in [3.05, 3.63) is 82.3 Å². The normalized spacial score (nSPS) is 16.7. The highest BCUT2D eigenvalue weighted by Gasteiger charge is 2.44. The third-order valence-corrected chi connectivity index (χ3v) is 21.2. The summed E-state index contributed by atoms with van der Waals surface area (Å²) in [6.45, 7) is 17.6. The minimum Gasteiger partial charge on any atom is -0.445 e. The highest BCUT2D eigenvalue weighted by atomic mass is 32.1. The third-order valence-electron chi connectivity index (χ3n) is 20.2. The first-order valence-electron chi connectivity index (χ1n) is 37.1. The van der Waals surface area contributed by atoms with Gasteiger partial charge in [-0.05, 0) is 79.0 Å². The fraction of sp³-hybridized carbons (Fsp3) is 0.649. The molecule has 582 valence electrons. The molecule has 0 unspecified atom stereocenters. The number of amides is 10. The number of imide groups is 1. The number of urea groups is 1. The number of nitrogens with zero attached hydrogens (tertiary/aromatic N) is 5. The molecule has 27 nitrogen and oxygen atoms in total. The lowest BCUT2D eigenvalue weighted by molar-refractivity contribution is -0.148. The van der Waals surface area contributed by atoms with E-state index in [0.29, 0.717) is 49.9 Å². The first-order valence-corrected chi connectivity index (χ1v) is 38.0. The number of hydrogen-bond donors (Lipinski definition) is 6. The summed E-state index contributed by atoms with van der Waals surface area (Å²) in [7, 11) is 4.68. The van der Waals surface area contributed by atoms with Gasteiger partial charge in [0.25, 0.3) is 0 Å². The maximum absolute atomic E-state index is 15.0. The van der Waals surface area contributed by atoms with Gasteiger partial charge < -0.3 is 65.8 Å². The van der Waals surface area contributed by atoms with Crippen LogP contribution >= 0.6 is 11.3 Å². The number of ether oxygens (including phenoxy) is 4. The molecular formula is C77H116N10O17S. The second-order valence-corrected chi connectivity index (χ2v) is 29.8. The molecule has 7 N–H and O–H groups in total. The van der Waals surface area contributed by atoms with E-state index in [2.05, 4.69) is 26.3 Å². The number of carbonyl (C=O) groups excluding carboxylic acids is 12. The van der Waals surface area contributed by atoms with E-state index >= 15 is 0 Å². The zero-order valence-corrected chi connectivity index (χ0v) is 64.4. The van der Waals surface area contributed by atoms with Crippen LogP contribution in [0.3, 0.4) is 0 Å². The quantitative estimate of drug-likeness (QED) is 0.0233. The van der Waals surface area contributed by atoms with E-state index in [1.165, 1.54) is 30.4 Å². The van der Waals surface area contributed by atoms with E-state index in [1.807, 2.05) is 84.2 Å². The number of Topliss-reactive ketones (excluding diaryl/α,β-unsaturated/α-hetero) is 3. The Morgan fingerprint density at radius 1 is 0.743 bits per heavy atom. The Morgan fingerprint density at radius 2 is 1.42 bits per heavy atom. The van der Waals surface area contributed by atoms with Gasteiger partial charge in [-0.15, -0.1) is 11.3 Å². The molecule has 0 spiro atoms. The number of thiazole rings is 1. The highest BCUT2D eigenvalue weighted by Crippen LogP contribution is 2.36. The van der Waals surface area contributed by atoms with Crippen LogP contribution in [-0.2, 0) is 79.9 Å². The van der Waals surface area contributed by atoms with Crippen LogP contribution in [0.1, 0.15) is 168 Å². The number of ketones is 3. The van der Waals surface area contributed by atoms with Gasteiger partial charge in [0.05, 0.1) is 62.1 Å². The number of methoxy groups -OCH3 is 1. The number of nitrogens with one attached hydrogen (secondary N) is 4. The van der Waals surface area contributed by atoms with Crippen LogP contribution in [0.25, 0.3) is 0 Å². The SMILES string of the molecule is CC[C@H](C)[C@@H]([C@@H](CC(=O)N1CCC[C@H]1[C@H](CO)[C@@H](C)C(=O)C[C@@H](Cc1ccccc1)c1nccs1)OC)N(C)C(=O)[C@@H](CC(=O)[C@H](C(C)C)N(C)C(=O)OCc1ccc(NC(=O)[C@H](CCCNC(N)=O)CC(=O)[C@@H](NC(=O)CCOCCOCCNC(=O)CCN2C(=O)CCC2=O)C(C)C)cc1)C(C)C. The van der Waals surface area contributed by atoms with Crippen molar-refractivity contribution in [2.45, 2.75) is 195 Å². The number of nitrogens with two attached hydrogens (primary N) is 1. The minimum absolute atomic E-state index is 0.00281. The van der Waals surface area contributed by atoms with Gasteiger partial charge in [-0.2, -0.15) is 0 Å². The highest BCUT2D eigenvalue weighted by molar-refractivity contribution is 7.09. The number of primary amides is 1. The molecule has 2 aliphatic heterocycles. The average molecular weight is 1490 g/mol. The van der Waals surface area contributed by atoms with Crippen molar-refractivity contribution in [3.63, 3.8) is 0 Å². The number of carbonyl (C=O) groups is 12. The monoisotopic (exact) mass is 1480 g/mol. The summed E-state index contributed by atoms with van der Waals surface area (Å²) in [6, 6.07) is 12.8. The number of aliphatic hydroxyl groups is 1. The smallest absolute Gasteiger partial charge is 0.410 e. The van der Waals surface area contributed by atoms with Crippen LogP contribution in [0.15, 0.2) is 66.2 Å². The lowest BCUT2D eigenvalue weighted by Gasteiger charge is -2.41.